The van der Waals surface area contributed by atoms with Gasteiger partial charge in [0.1, 0.15) is 13.2 Å². The van der Waals surface area contributed by atoms with Crippen LogP contribution < -0.4 is 9.13 Å². The highest BCUT2D eigenvalue weighted by atomic mass is 16.3. The lowest BCUT2D eigenvalue weighted by Crippen LogP contribution is -2.41. The van der Waals surface area contributed by atoms with E-state index in [0.29, 0.717) is 0 Å². The van der Waals surface area contributed by atoms with E-state index in [1.807, 2.05) is 12.1 Å². The van der Waals surface area contributed by atoms with Crippen molar-refractivity contribution in [2.75, 3.05) is 0 Å². The fraction of sp³-hybridized carbons (Fsp3) is 0.128. The first-order chi connectivity index (χ1) is 20.5. The summed E-state index contributed by atoms with van der Waals surface area (Å²) in [6.07, 6.45) is 3.46. The van der Waals surface area contributed by atoms with Gasteiger partial charge in [-0.3, -0.25) is 0 Å². The van der Waals surface area contributed by atoms with Gasteiger partial charge in [-0.15, -0.1) is 0 Å². The summed E-state index contributed by atoms with van der Waals surface area (Å²) in [5.74, 6) is 0. The van der Waals surface area contributed by atoms with Gasteiger partial charge in [0.05, 0.1) is 11.1 Å². The number of aryl methyl sites for hydroxylation is 3. The van der Waals surface area contributed by atoms with Gasteiger partial charge in [0.2, 0.25) is 17.4 Å². The van der Waals surface area contributed by atoms with Crippen molar-refractivity contribution in [1.29, 1.82) is 0 Å². The summed E-state index contributed by atoms with van der Waals surface area (Å²) < 4.78 is 4.40. The first kappa shape index (κ1) is 26.1. The van der Waals surface area contributed by atoms with Crippen molar-refractivity contribution in [3.05, 3.63) is 156 Å². The zero-order valence-corrected chi connectivity index (χ0v) is 24.2. The number of hydrogen-bond acceptors (Lipinski definition) is 1. The van der Waals surface area contributed by atoms with E-state index < -0.39 is 6.10 Å². The number of benzene rings is 4. The number of nitrogens with zero attached hydrogens (tertiary/aromatic N) is 2. The molecule has 0 aliphatic carbocycles. The van der Waals surface area contributed by atoms with Crippen molar-refractivity contribution in [2.24, 2.45) is 7.05 Å². The first-order valence-corrected chi connectivity index (χ1v) is 14.5. The second-order valence-electron chi connectivity index (χ2n) is 11.4. The summed E-state index contributed by atoms with van der Waals surface area (Å²) in [6, 6.07) is 42.6. The Bertz CT molecular complexity index is 1930. The van der Waals surface area contributed by atoms with Gasteiger partial charge in [-0.25, -0.2) is 4.57 Å². The second-order valence-corrected chi connectivity index (χ2v) is 11.4. The van der Waals surface area contributed by atoms with Crippen molar-refractivity contribution in [2.45, 2.75) is 26.0 Å². The Kier molecular flexibility index (Phi) is 6.53. The third-order valence-electron chi connectivity index (χ3n) is 8.55. The summed E-state index contributed by atoms with van der Waals surface area (Å²) >= 11 is 0. The minimum absolute atomic E-state index is 0.253. The van der Waals surface area contributed by atoms with Crippen LogP contribution in [0.4, 0.5) is 0 Å². The second kappa shape index (κ2) is 10.5. The maximum absolute atomic E-state index is 12.4. The molecule has 0 spiro atoms. The van der Waals surface area contributed by atoms with Crippen LogP contribution in [0.1, 0.15) is 34.4 Å². The number of fused-ring (bicyclic) bond motifs is 3. The lowest BCUT2D eigenvalue weighted by atomic mass is 9.88. The molecule has 1 aliphatic heterocycles. The number of aromatic nitrogens is 2. The van der Waals surface area contributed by atoms with E-state index >= 15 is 0 Å². The molecule has 2 aromatic heterocycles. The highest BCUT2D eigenvalue weighted by molar-refractivity contribution is 5.76. The van der Waals surface area contributed by atoms with Crippen molar-refractivity contribution < 1.29 is 14.2 Å². The molecule has 0 radical (unpaired) electrons. The van der Waals surface area contributed by atoms with Gasteiger partial charge in [-0.2, -0.15) is 4.57 Å². The molecule has 3 nitrogen and oxygen atoms in total. The van der Waals surface area contributed by atoms with Gasteiger partial charge >= 0.3 is 0 Å². The third kappa shape index (κ3) is 4.52. The first-order valence-electron chi connectivity index (χ1n) is 14.5. The van der Waals surface area contributed by atoms with E-state index in [-0.39, 0.29) is 6.04 Å². The van der Waals surface area contributed by atoms with E-state index in [0.717, 1.165) is 39.2 Å². The van der Waals surface area contributed by atoms with E-state index in [4.69, 9.17) is 0 Å². The third-order valence-corrected chi connectivity index (χ3v) is 8.55. The van der Waals surface area contributed by atoms with Crippen LogP contribution in [0.25, 0.3) is 44.8 Å². The Balaban J connectivity index is 1.41. The van der Waals surface area contributed by atoms with Crippen LogP contribution in [0.2, 0.25) is 0 Å². The van der Waals surface area contributed by atoms with Crippen molar-refractivity contribution >= 4 is 0 Å². The normalized spacial score (nSPS) is 14.3. The van der Waals surface area contributed by atoms with E-state index in [2.05, 4.69) is 152 Å². The van der Waals surface area contributed by atoms with Gasteiger partial charge < -0.3 is 5.11 Å². The summed E-state index contributed by atoms with van der Waals surface area (Å²) in [4.78, 5) is 0. The lowest BCUT2D eigenvalue weighted by Gasteiger charge is -2.20. The predicted octanol–water partition coefficient (Wildman–Crippen LogP) is 7.72. The molecule has 7 rings (SSSR count). The fourth-order valence-electron chi connectivity index (χ4n) is 6.35. The molecule has 0 saturated heterocycles. The SMILES string of the molecule is Cc1cc[n+](C)c(-c2cc(-c3ccccc3)ccc2C(O)C2c3ccc(-c4ccccc4)cc3-c3cc(C)cc[n+]32)c1. The van der Waals surface area contributed by atoms with Crippen LogP contribution in [-0.2, 0) is 7.05 Å². The minimum Gasteiger partial charge on any atom is -0.381 e. The molecular weight excluding hydrogens is 512 g/mol. The maximum Gasteiger partial charge on any atom is 0.214 e. The lowest BCUT2D eigenvalue weighted by molar-refractivity contribution is -0.706. The summed E-state index contributed by atoms with van der Waals surface area (Å²) in [5.41, 5.74) is 13.5. The predicted molar refractivity (Wildman–Crippen MR) is 169 cm³/mol. The molecule has 0 saturated carbocycles. The number of aliphatic hydroxyl groups is 1. The smallest absolute Gasteiger partial charge is 0.214 e. The minimum atomic E-state index is -0.763. The number of aliphatic hydroxyl groups excluding tert-OH is 1. The molecular formula is C39H34N2O+2. The van der Waals surface area contributed by atoms with Crippen LogP contribution in [0.5, 0.6) is 0 Å². The van der Waals surface area contributed by atoms with Gasteiger partial charge in [-0.1, -0.05) is 84.9 Å². The molecule has 3 heterocycles. The van der Waals surface area contributed by atoms with E-state index in [9.17, 15) is 5.11 Å². The van der Waals surface area contributed by atoms with E-state index in [1.54, 1.807) is 0 Å². The molecule has 1 aliphatic rings. The summed E-state index contributed by atoms with van der Waals surface area (Å²) in [5, 5.41) is 12.4. The Labute approximate surface area is 247 Å². The molecule has 2 atom stereocenters. The van der Waals surface area contributed by atoms with Crippen molar-refractivity contribution in [3.8, 4) is 44.8 Å². The van der Waals surface area contributed by atoms with Gasteiger partial charge in [0.15, 0.2) is 12.4 Å². The highest BCUT2D eigenvalue weighted by Crippen LogP contribution is 2.44. The number of hydrogen-bond donors (Lipinski definition) is 1. The number of pyridine rings is 2. The average molecular weight is 547 g/mol. The van der Waals surface area contributed by atoms with Gasteiger partial charge in [-0.05, 0) is 59.4 Å². The number of rotatable bonds is 5. The molecule has 0 fully saturated rings. The van der Waals surface area contributed by atoms with Crippen LogP contribution in [-0.4, -0.2) is 5.11 Å². The molecule has 6 aromatic rings. The van der Waals surface area contributed by atoms with Crippen LogP contribution in [0, 0.1) is 13.8 Å². The zero-order chi connectivity index (χ0) is 28.8. The Morgan fingerprint density at radius 2 is 1.14 bits per heavy atom. The quantitative estimate of drug-likeness (QED) is 0.220. The van der Waals surface area contributed by atoms with Gasteiger partial charge in [0.25, 0.3) is 0 Å². The van der Waals surface area contributed by atoms with E-state index in [1.165, 1.54) is 27.8 Å². The van der Waals surface area contributed by atoms with Crippen molar-refractivity contribution in [1.82, 2.24) is 0 Å². The molecule has 0 bridgehead atoms. The Morgan fingerprint density at radius 1 is 0.571 bits per heavy atom. The molecule has 1 N–H and O–H groups in total. The largest absolute Gasteiger partial charge is 0.381 e. The molecule has 2 unspecified atom stereocenters. The van der Waals surface area contributed by atoms with Crippen LogP contribution in [0.3, 0.4) is 0 Å². The van der Waals surface area contributed by atoms with Crippen molar-refractivity contribution in [3.63, 3.8) is 0 Å². The maximum atomic E-state index is 12.4. The average Bonchev–Trinajstić information content (AvgIpc) is 3.35. The molecule has 204 valence electrons. The van der Waals surface area contributed by atoms with Crippen LogP contribution in [0.15, 0.2) is 134 Å². The molecule has 3 heteroatoms. The van der Waals surface area contributed by atoms with Gasteiger partial charge in [0, 0.05) is 35.4 Å². The summed E-state index contributed by atoms with van der Waals surface area (Å²) in [6.45, 7) is 4.25. The molecule has 42 heavy (non-hydrogen) atoms. The molecule has 4 aromatic carbocycles. The summed E-state index contributed by atoms with van der Waals surface area (Å²) in [7, 11) is 2.07. The Morgan fingerprint density at radius 3 is 1.81 bits per heavy atom. The highest BCUT2D eigenvalue weighted by Gasteiger charge is 2.43. The Hall–Kier alpha value is -4.86. The van der Waals surface area contributed by atoms with Crippen LogP contribution >= 0.6 is 0 Å². The fourth-order valence-corrected chi connectivity index (χ4v) is 6.35. The standard InChI is InChI=1S/C39H34N2O/c1-26-18-20-40(3)36(22-26)35-25-31(29-12-8-5-9-13-29)15-17-33(35)39(42)38-32-16-14-30(28-10-6-4-7-11-28)24-34(32)37-23-27(2)19-21-41(37)38/h4-25,38-39,42H,1-3H3/q+2. The molecule has 0 amide bonds. The zero-order valence-electron chi connectivity index (χ0n) is 24.2. The topological polar surface area (TPSA) is 28.0 Å². The monoisotopic (exact) mass is 546 g/mol.